The van der Waals surface area contributed by atoms with Crippen LogP contribution >= 0.6 is 11.6 Å². The Morgan fingerprint density at radius 3 is 1.54 bits per heavy atom. The molecule has 4 amide bonds. The molecule has 2 aromatic carbocycles. The average molecular weight is 909 g/mol. The zero-order chi connectivity index (χ0) is 46.9. The number of pyridine rings is 2. The number of methoxy groups -OCH3 is 2. The molecule has 11 N–H and O–H groups in total. The molecule has 23 heteroatoms. The van der Waals surface area contributed by atoms with Gasteiger partial charge in [0.25, 0.3) is 11.8 Å². The highest BCUT2D eigenvalue weighted by Crippen LogP contribution is 2.40. The number of nitrogens with one attached hydrogen (secondary N) is 5. The summed E-state index contributed by atoms with van der Waals surface area (Å²) >= 11 is 6.02. The molecule has 2 aliphatic rings. The molecule has 2 saturated carbocycles. The highest BCUT2D eigenvalue weighted by molar-refractivity contribution is 6.30. The van der Waals surface area contributed by atoms with Crippen LogP contribution in [-0.4, -0.2) is 91.4 Å². The van der Waals surface area contributed by atoms with Gasteiger partial charge in [-0.2, -0.15) is 10.2 Å². The van der Waals surface area contributed by atoms with E-state index in [1.807, 2.05) is 24.3 Å². The van der Waals surface area contributed by atoms with Crippen molar-refractivity contribution < 1.29 is 28.7 Å². The molecule has 0 bridgehead atoms. The Balaban J connectivity index is 0.000000193. The fourth-order valence-electron chi connectivity index (χ4n) is 6.31. The molecule has 0 spiro atoms. The maximum atomic E-state index is 12.5. The van der Waals surface area contributed by atoms with Gasteiger partial charge < -0.3 is 53.3 Å². The third kappa shape index (κ3) is 11.3. The van der Waals surface area contributed by atoms with Gasteiger partial charge in [0.2, 0.25) is 11.8 Å². The molecule has 0 atom stereocenters. The molecule has 2 aliphatic carbocycles. The molecule has 6 aromatic rings. The minimum absolute atomic E-state index is 0.00398. The van der Waals surface area contributed by atoms with E-state index in [9.17, 15) is 19.2 Å². The van der Waals surface area contributed by atoms with E-state index < -0.39 is 5.91 Å². The third-order valence-electron chi connectivity index (χ3n) is 9.81. The number of nitrogens with two attached hydrogens (primary N) is 3. The SMILES string of the molecule is CNC(=O)c1c(Nc2cccc(-c3ncn(C)n3)c2OC)cc(Cl)nc1N.CNC(=O)c1c(Nc2cccc(-c3ncn(C)n3)c2OC)cc(NC(=O)C2CC2)nc1N.NC(=O)C1CC1. The third-order valence-corrected chi connectivity index (χ3v) is 10.0. The molecule has 4 aromatic heterocycles. The minimum Gasteiger partial charge on any atom is -0.494 e. The van der Waals surface area contributed by atoms with Gasteiger partial charge in [-0.05, 0) is 56.0 Å². The molecule has 0 unspecified atom stereocenters. The van der Waals surface area contributed by atoms with Gasteiger partial charge in [-0.3, -0.25) is 28.5 Å². The molecule has 0 aliphatic heterocycles. The number of rotatable bonds is 13. The van der Waals surface area contributed by atoms with Gasteiger partial charge in [0.15, 0.2) is 23.1 Å². The molecule has 2 fully saturated rings. The molecule has 4 heterocycles. The number of ether oxygens (including phenoxy) is 2. The van der Waals surface area contributed by atoms with Crippen LogP contribution in [0.5, 0.6) is 11.5 Å². The normalized spacial score (nSPS) is 12.6. The number of carbonyl (C=O) groups excluding carboxylic acids is 4. The summed E-state index contributed by atoms with van der Waals surface area (Å²) in [6.45, 7) is 0. The minimum atomic E-state index is -0.418. The predicted molar refractivity (Wildman–Crippen MR) is 245 cm³/mol. The standard InChI is InChI=1S/C21H24N8O3.C17H18ClN7O2.C4H7NO/c1-23-21(31)16-14(9-15(26-18(16)22)27-20(30)11-7-8-11)25-13-6-4-5-12(17(13)32-3)19-24-10-29(2)28-19;1-20-17(26)13-11(7-12(18)23-15(13)19)22-10-6-4-5-9(14(10)27-3)16-21-8-25(2)24-16;5-4(6)3-1-2-3/h4-6,9-11H,7-8H2,1-3H3,(H,23,31)(H4,22,25,26,27,30);4-8H,1-3H3,(H,20,26)(H3,19,22,23);3H,1-2H2,(H2,5,6). The number of benzene rings is 2. The van der Waals surface area contributed by atoms with Crippen molar-refractivity contribution in [3.05, 3.63) is 77.5 Å². The van der Waals surface area contributed by atoms with Gasteiger partial charge in [-0.25, -0.2) is 19.9 Å². The molecule has 0 radical (unpaired) electrons. The van der Waals surface area contributed by atoms with Gasteiger partial charge >= 0.3 is 0 Å². The van der Waals surface area contributed by atoms with Crippen LogP contribution in [0.25, 0.3) is 22.8 Å². The molecule has 8 rings (SSSR count). The van der Waals surface area contributed by atoms with E-state index >= 15 is 0 Å². The largest absolute Gasteiger partial charge is 0.494 e. The summed E-state index contributed by atoms with van der Waals surface area (Å²) in [5.74, 6) is 1.46. The van der Waals surface area contributed by atoms with E-state index in [1.165, 1.54) is 27.3 Å². The van der Waals surface area contributed by atoms with E-state index in [0.717, 1.165) is 25.7 Å². The van der Waals surface area contributed by atoms with Crippen LogP contribution in [0.2, 0.25) is 5.15 Å². The fourth-order valence-corrected chi connectivity index (χ4v) is 6.51. The summed E-state index contributed by atoms with van der Waals surface area (Å²) in [6.07, 6.45) is 6.95. The number of primary amides is 1. The lowest BCUT2D eigenvalue weighted by Crippen LogP contribution is -2.22. The van der Waals surface area contributed by atoms with Crippen LogP contribution in [0.4, 0.5) is 40.2 Å². The zero-order valence-corrected chi connectivity index (χ0v) is 37.1. The number of hydrogen-bond acceptors (Lipinski definition) is 16. The Morgan fingerprint density at radius 2 is 1.15 bits per heavy atom. The number of aryl methyl sites for hydroxylation is 2. The number of halogens is 1. The van der Waals surface area contributed by atoms with Crippen LogP contribution in [0, 0.1) is 11.8 Å². The first-order chi connectivity index (χ1) is 31.1. The second-order valence-electron chi connectivity index (χ2n) is 14.7. The number of amides is 4. The van der Waals surface area contributed by atoms with Crippen molar-refractivity contribution in [3.63, 3.8) is 0 Å². The molecule has 340 valence electrons. The van der Waals surface area contributed by atoms with E-state index in [-0.39, 0.29) is 63.3 Å². The Bertz CT molecular complexity index is 2730. The van der Waals surface area contributed by atoms with E-state index in [0.29, 0.717) is 57.0 Å². The van der Waals surface area contributed by atoms with Crippen molar-refractivity contribution in [2.45, 2.75) is 25.7 Å². The smallest absolute Gasteiger partial charge is 0.256 e. The van der Waals surface area contributed by atoms with E-state index in [2.05, 4.69) is 56.7 Å². The van der Waals surface area contributed by atoms with Crippen molar-refractivity contribution in [1.82, 2.24) is 50.1 Å². The maximum Gasteiger partial charge on any atom is 0.256 e. The lowest BCUT2D eigenvalue weighted by molar-refractivity contribution is -0.119. The van der Waals surface area contributed by atoms with Crippen molar-refractivity contribution in [2.24, 2.45) is 31.7 Å². The van der Waals surface area contributed by atoms with Crippen molar-refractivity contribution in [3.8, 4) is 34.3 Å². The summed E-state index contributed by atoms with van der Waals surface area (Å²) < 4.78 is 14.4. The highest BCUT2D eigenvalue weighted by atomic mass is 35.5. The Hall–Kier alpha value is -8.01. The number of para-hydroxylation sites is 2. The number of anilines is 7. The van der Waals surface area contributed by atoms with Crippen LogP contribution < -0.4 is 53.3 Å². The topological polar surface area (TPSA) is 312 Å². The van der Waals surface area contributed by atoms with Crippen LogP contribution in [0.15, 0.2) is 61.2 Å². The summed E-state index contributed by atoms with van der Waals surface area (Å²) in [5, 5.41) is 23.0. The summed E-state index contributed by atoms with van der Waals surface area (Å²) in [6, 6.07) is 14.0. The molecular formula is C42H49ClN16O6. The lowest BCUT2D eigenvalue weighted by Gasteiger charge is -2.18. The number of hydrogen-bond donors (Lipinski definition) is 8. The lowest BCUT2D eigenvalue weighted by atomic mass is 10.1. The van der Waals surface area contributed by atoms with Gasteiger partial charge in [-0.15, -0.1) is 0 Å². The van der Waals surface area contributed by atoms with Crippen molar-refractivity contribution in [2.75, 3.05) is 55.7 Å². The van der Waals surface area contributed by atoms with Crippen molar-refractivity contribution in [1.29, 1.82) is 0 Å². The second kappa shape index (κ2) is 20.4. The first kappa shape index (κ1) is 46.5. The number of aromatic nitrogens is 8. The number of nitrogen functional groups attached to an aromatic ring is 2. The van der Waals surface area contributed by atoms with E-state index in [4.69, 9.17) is 38.3 Å². The summed E-state index contributed by atoms with van der Waals surface area (Å²) in [5.41, 5.74) is 20.5. The molecule has 65 heavy (non-hydrogen) atoms. The molecule has 0 saturated heterocycles. The number of carbonyl (C=O) groups is 4. The zero-order valence-electron chi connectivity index (χ0n) is 36.4. The van der Waals surface area contributed by atoms with Crippen molar-refractivity contribution >= 4 is 75.4 Å². The fraction of sp³-hybridized carbons (Fsp3) is 0.286. The maximum absolute atomic E-state index is 12.5. The quantitative estimate of drug-likeness (QED) is 0.0759. The molecule has 22 nitrogen and oxygen atoms in total. The Labute approximate surface area is 378 Å². The van der Waals surface area contributed by atoms with Crippen LogP contribution in [0.3, 0.4) is 0 Å². The van der Waals surface area contributed by atoms with E-state index in [1.54, 1.807) is 61.4 Å². The number of nitrogens with zero attached hydrogens (tertiary/aromatic N) is 8. The first-order valence-electron chi connectivity index (χ1n) is 20.1. The monoisotopic (exact) mass is 908 g/mol. The van der Waals surface area contributed by atoms with Crippen LogP contribution in [0.1, 0.15) is 46.4 Å². The molecular weight excluding hydrogens is 860 g/mol. The van der Waals surface area contributed by atoms with Gasteiger partial charge in [0.1, 0.15) is 46.4 Å². The summed E-state index contributed by atoms with van der Waals surface area (Å²) in [4.78, 5) is 63.6. The van der Waals surface area contributed by atoms with Gasteiger partial charge in [0.05, 0.1) is 48.1 Å². The highest BCUT2D eigenvalue weighted by Gasteiger charge is 2.31. The predicted octanol–water partition coefficient (Wildman–Crippen LogP) is 4.03. The average Bonchev–Trinajstić information content (AvgIpc) is 4.22. The van der Waals surface area contributed by atoms with Gasteiger partial charge in [0, 0.05) is 46.1 Å². The van der Waals surface area contributed by atoms with Gasteiger partial charge in [-0.1, -0.05) is 23.7 Å². The van der Waals surface area contributed by atoms with Crippen LogP contribution in [-0.2, 0) is 23.7 Å². The Kier molecular flexibility index (Phi) is 14.6. The summed E-state index contributed by atoms with van der Waals surface area (Å²) in [7, 11) is 9.64. The first-order valence-corrected chi connectivity index (χ1v) is 20.4. The Morgan fingerprint density at radius 1 is 0.692 bits per heavy atom. The second-order valence-corrected chi connectivity index (χ2v) is 15.1.